The van der Waals surface area contributed by atoms with Crippen molar-refractivity contribution < 1.29 is 19.1 Å². The first-order valence-electron chi connectivity index (χ1n) is 7.52. The van der Waals surface area contributed by atoms with Gasteiger partial charge in [-0.2, -0.15) is 5.10 Å². The van der Waals surface area contributed by atoms with Crippen LogP contribution in [0.25, 0.3) is 0 Å². The van der Waals surface area contributed by atoms with Gasteiger partial charge in [0.15, 0.2) is 5.16 Å². The molecule has 120 valence electrons. The van der Waals surface area contributed by atoms with E-state index in [-0.39, 0.29) is 40.9 Å². The average Bonchev–Trinajstić information content (AvgIpc) is 2.82. The van der Waals surface area contributed by atoms with E-state index in [0.717, 1.165) is 0 Å². The molecular weight excluding hydrogens is 306 g/mol. The monoisotopic (exact) mass is 325 g/mol. The molecule has 7 nitrogen and oxygen atoms in total. The molecule has 1 N–H and O–H groups in total. The van der Waals surface area contributed by atoms with E-state index in [1.165, 1.54) is 6.33 Å². The molecule has 3 rings (SSSR count). The maximum Gasteiger partial charge on any atom is 0.309 e. The van der Waals surface area contributed by atoms with Crippen LogP contribution in [0, 0.1) is 23.7 Å². The number of H-pyrrole nitrogens is 1. The standard InChI is InChI=1S/C14H19N3O4S/c1-3-20-12(18)7-5-8(22-14-15-6-16-17-14)10-9(7)11(10)13(19)21-4-2/h6-11H,3-5H2,1-2H3,(H,15,16,17)/t7-,8+,9+,10-,11-/m1/s1. The van der Waals surface area contributed by atoms with Gasteiger partial charge in [0, 0.05) is 5.25 Å². The molecule has 2 saturated carbocycles. The fraction of sp³-hybridized carbons (Fsp3) is 0.714. The lowest BCUT2D eigenvalue weighted by Crippen LogP contribution is -2.24. The van der Waals surface area contributed by atoms with Gasteiger partial charge in [0.1, 0.15) is 6.33 Å². The summed E-state index contributed by atoms with van der Waals surface area (Å²) in [5, 5.41) is 7.51. The van der Waals surface area contributed by atoms with Crippen molar-refractivity contribution in [2.45, 2.75) is 30.7 Å². The van der Waals surface area contributed by atoms with Gasteiger partial charge in [-0.05, 0) is 32.1 Å². The maximum atomic E-state index is 12.1. The predicted molar refractivity (Wildman–Crippen MR) is 77.9 cm³/mol. The molecule has 2 fully saturated rings. The molecule has 0 spiro atoms. The van der Waals surface area contributed by atoms with Crippen molar-refractivity contribution in [2.75, 3.05) is 13.2 Å². The number of nitrogens with one attached hydrogen (secondary N) is 1. The van der Waals surface area contributed by atoms with Gasteiger partial charge in [-0.1, -0.05) is 11.8 Å². The van der Waals surface area contributed by atoms with Crippen LogP contribution in [0.2, 0.25) is 0 Å². The second kappa shape index (κ2) is 6.28. The quantitative estimate of drug-likeness (QED) is 0.787. The number of hydrogen-bond acceptors (Lipinski definition) is 7. The van der Waals surface area contributed by atoms with Gasteiger partial charge >= 0.3 is 11.9 Å². The van der Waals surface area contributed by atoms with Crippen LogP contribution in [0.15, 0.2) is 11.5 Å². The second-order valence-corrected chi connectivity index (χ2v) is 6.70. The highest BCUT2D eigenvalue weighted by Gasteiger charge is 2.68. The first kappa shape index (κ1) is 15.3. The van der Waals surface area contributed by atoms with Crippen molar-refractivity contribution in [3.63, 3.8) is 0 Å². The number of aromatic nitrogens is 3. The van der Waals surface area contributed by atoms with Gasteiger partial charge < -0.3 is 9.47 Å². The minimum absolute atomic E-state index is 0.0403. The largest absolute Gasteiger partial charge is 0.466 e. The summed E-state index contributed by atoms with van der Waals surface area (Å²) in [6.07, 6.45) is 2.16. The van der Waals surface area contributed by atoms with Gasteiger partial charge in [0.2, 0.25) is 0 Å². The van der Waals surface area contributed by atoms with Crippen molar-refractivity contribution in [3.8, 4) is 0 Å². The molecule has 1 aromatic heterocycles. The minimum Gasteiger partial charge on any atom is -0.466 e. The highest BCUT2D eigenvalue weighted by atomic mass is 32.2. The summed E-state index contributed by atoms with van der Waals surface area (Å²) in [6.45, 7) is 4.30. The summed E-state index contributed by atoms with van der Waals surface area (Å²) < 4.78 is 10.3. The first-order chi connectivity index (χ1) is 10.7. The fourth-order valence-corrected chi connectivity index (χ4v) is 4.81. The number of thioether (sulfide) groups is 1. The Labute approximate surface area is 132 Å². The van der Waals surface area contributed by atoms with E-state index >= 15 is 0 Å². The Kier molecular flexibility index (Phi) is 4.37. The molecule has 8 heteroatoms. The molecule has 0 aliphatic heterocycles. The number of hydrogen-bond donors (Lipinski definition) is 1. The van der Waals surface area contributed by atoms with Crippen LogP contribution in [0.5, 0.6) is 0 Å². The summed E-state index contributed by atoms with van der Waals surface area (Å²) in [6, 6.07) is 0. The van der Waals surface area contributed by atoms with Crippen LogP contribution in [-0.4, -0.2) is 45.6 Å². The van der Waals surface area contributed by atoms with Crippen LogP contribution >= 0.6 is 11.8 Å². The Hall–Kier alpha value is -1.57. The highest BCUT2D eigenvalue weighted by Crippen LogP contribution is 2.64. The van der Waals surface area contributed by atoms with E-state index in [1.54, 1.807) is 25.6 Å². The lowest BCUT2D eigenvalue weighted by atomic mass is 10.00. The van der Waals surface area contributed by atoms with E-state index < -0.39 is 0 Å². The number of esters is 2. The smallest absolute Gasteiger partial charge is 0.309 e. The molecule has 22 heavy (non-hydrogen) atoms. The summed E-state index contributed by atoms with van der Waals surface area (Å²) in [5.74, 6) is -0.620. The van der Waals surface area contributed by atoms with E-state index in [4.69, 9.17) is 9.47 Å². The molecule has 1 heterocycles. The second-order valence-electron chi connectivity index (χ2n) is 5.47. The highest BCUT2D eigenvalue weighted by molar-refractivity contribution is 7.99. The zero-order chi connectivity index (χ0) is 15.7. The lowest BCUT2D eigenvalue weighted by molar-refractivity contribution is -0.150. The third-order valence-electron chi connectivity index (χ3n) is 4.32. The molecule has 1 aromatic rings. The number of aromatic amines is 1. The molecule has 0 aromatic carbocycles. The van der Waals surface area contributed by atoms with Gasteiger partial charge in [-0.25, -0.2) is 4.98 Å². The van der Waals surface area contributed by atoms with Crippen molar-refractivity contribution >= 4 is 23.7 Å². The van der Waals surface area contributed by atoms with Crippen LogP contribution in [0.4, 0.5) is 0 Å². The lowest BCUT2D eigenvalue weighted by Gasteiger charge is -2.17. The van der Waals surface area contributed by atoms with Crippen molar-refractivity contribution in [1.82, 2.24) is 15.2 Å². The number of ether oxygens (including phenoxy) is 2. The molecule has 0 bridgehead atoms. The summed E-state index contributed by atoms with van der Waals surface area (Å²) in [5.41, 5.74) is 0. The minimum atomic E-state index is -0.222. The predicted octanol–water partition coefficient (Wildman–Crippen LogP) is 1.27. The van der Waals surface area contributed by atoms with E-state index in [1.807, 2.05) is 0 Å². The van der Waals surface area contributed by atoms with Gasteiger partial charge in [0.25, 0.3) is 0 Å². The van der Waals surface area contributed by atoms with Crippen molar-refractivity contribution in [2.24, 2.45) is 23.7 Å². The van der Waals surface area contributed by atoms with Crippen molar-refractivity contribution in [1.29, 1.82) is 0 Å². The van der Waals surface area contributed by atoms with Crippen LogP contribution < -0.4 is 0 Å². The molecule has 5 atom stereocenters. The summed E-state index contributed by atoms with van der Waals surface area (Å²) >= 11 is 1.54. The Morgan fingerprint density at radius 1 is 1.27 bits per heavy atom. The Morgan fingerprint density at radius 2 is 2.00 bits per heavy atom. The number of carbonyl (C=O) groups is 2. The van der Waals surface area contributed by atoms with Crippen LogP contribution in [0.1, 0.15) is 20.3 Å². The molecule has 2 aliphatic carbocycles. The number of fused-ring (bicyclic) bond motifs is 1. The molecule has 0 amide bonds. The maximum absolute atomic E-state index is 12.1. The molecule has 0 unspecified atom stereocenters. The normalized spacial score (nSPS) is 32.4. The number of nitrogens with zero attached hydrogens (tertiary/aromatic N) is 2. The number of rotatable bonds is 6. The average molecular weight is 325 g/mol. The number of carbonyl (C=O) groups excluding carboxylic acids is 2. The van der Waals surface area contributed by atoms with E-state index in [0.29, 0.717) is 24.8 Å². The first-order valence-corrected chi connectivity index (χ1v) is 8.40. The third kappa shape index (κ3) is 2.71. The van der Waals surface area contributed by atoms with Crippen LogP contribution in [0.3, 0.4) is 0 Å². The zero-order valence-electron chi connectivity index (χ0n) is 12.5. The third-order valence-corrected chi connectivity index (χ3v) is 5.55. The van der Waals surface area contributed by atoms with Crippen molar-refractivity contribution in [3.05, 3.63) is 6.33 Å². The van der Waals surface area contributed by atoms with E-state index in [2.05, 4.69) is 15.2 Å². The summed E-state index contributed by atoms with van der Waals surface area (Å²) in [4.78, 5) is 28.3. The topological polar surface area (TPSA) is 94.2 Å². The van der Waals surface area contributed by atoms with E-state index in [9.17, 15) is 9.59 Å². The Balaban J connectivity index is 1.72. The van der Waals surface area contributed by atoms with Crippen LogP contribution in [-0.2, 0) is 19.1 Å². The summed E-state index contributed by atoms with van der Waals surface area (Å²) in [7, 11) is 0. The Bertz CT molecular complexity index is 550. The van der Waals surface area contributed by atoms with Gasteiger partial charge in [-0.15, -0.1) is 0 Å². The molecular formula is C14H19N3O4S. The fourth-order valence-electron chi connectivity index (χ4n) is 3.50. The molecule has 0 radical (unpaired) electrons. The Morgan fingerprint density at radius 3 is 2.64 bits per heavy atom. The molecule has 2 aliphatic rings. The SMILES string of the molecule is CCOC(=O)[C@@H]1[C@@H]2[C@H]1[C@@H](Sc1ncn[nH]1)C[C@H]2C(=O)OCC. The van der Waals surface area contributed by atoms with Gasteiger partial charge in [-0.3, -0.25) is 14.7 Å². The zero-order valence-corrected chi connectivity index (χ0v) is 13.3. The van der Waals surface area contributed by atoms with Gasteiger partial charge in [0.05, 0.1) is 25.0 Å². The molecule has 0 saturated heterocycles.